The second-order valence-electron chi connectivity index (χ2n) is 9.64. The van der Waals surface area contributed by atoms with Gasteiger partial charge in [-0.3, -0.25) is 9.36 Å². The molecule has 5 rings (SSSR count). The average Bonchev–Trinajstić information content (AvgIpc) is 3.37. The summed E-state index contributed by atoms with van der Waals surface area (Å²) in [7, 11) is 4.47. The zero-order valence-corrected chi connectivity index (χ0v) is 25.8. The number of nitrogens with zero attached hydrogens (tertiary/aromatic N) is 2. The van der Waals surface area contributed by atoms with Crippen LogP contribution in [-0.4, -0.2) is 56.2 Å². The molecule has 0 bridgehead atoms. The highest BCUT2D eigenvalue weighted by Gasteiger charge is 2.35. The average molecular weight is 631 g/mol. The van der Waals surface area contributed by atoms with Crippen LogP contribution in [0.25, 0.3) is 11.8 Å². The lowest BCUT2D eigenvalue weighted by molar-refractivity contribution is -0.140. The highest BCUT2D eigenvalue weighted by atomic mass is 32.1. The third kappa shape index (κ3) is 6.31. The van der Waals surface area contributed by atoms with Crippen molar-refractivity contribution < 1.29 is 38.4 Å². The number of fused-ring (bicyclic) bond motifs is 1. The molecule has 0 radical (unpaired) electrons. The van der Waals surface area contributed by atoms with Crippen molar-refractivity contribution in [2.45, 2.75) is 13.0 Å². The van der Waals surface area contributed by atoms with E-state index in [0.29, 0.717) is 49.0 Å². The van der Waals surface area contributed by atoms with E-state index in [1.54, 1.807) is 49.4 Å². The summed E-state index contributed by atoms with van der Waals surface area (Å²) in [5, 5.41) is 8.97. The lowest BCUT2D eigenvalue weighted by atomic mass is 9.93. The van der Waals surface area contributed by atoms with Gasteiger partial charge in [-0.1, -0.05) is 53.8 Å². The van der Waals surface area contributed by atoms with E-state index in [1.165, 1.54) is 37.2 Å². The maximum Gasteiger partial charge on any atom is 0.341 e. The van der Waals surface area contributed by atoms with Gasteiger partial charge in [0.1, 0.15) is 0 Å². The van der Waals surface area contributed by atoms with E-state index in [1.807, 2.05) is 30.3 Å². The molecule has 0 aliphatic carbocycles. The molecule has 1 aromatic heterocycles. The van der Waals surface area contributed by atoms with Crippen LogP contribution in [0.15, 0.2) is 82.1 Å². The van der Waals surface area contributed by atoms with Gasteiger partial charge in [-0.25, -0.2) is 14.6 Å². The van der Waals surface area contributed by atoms with E-state index in [2.05, 4.69) is 0 Å². The van der Waals surface area contributed by atoms with E-state index in [4.69, 9.17) is 33.8 Å². The Kier molecular flexibility index (Phi) is 9.33. The number of ether oxygens (including phenoxy) is 5. The minimum Gasteiger partial charge on any atom is -0.493 e. The zero-order valence-electron chi connectivity index (χ0n) is 24.9. The molecule has 12 heteroatoms. The number of carboxylic acid groups (broad SMARTS) is 1. The molecule has 0 unspecified atom stereocenters. The number of carbonyl (C=O) groups excluding carboxylic acids is 1. The molecule has 45 heavy (non-hydrogen) atoms. The van der Waals surface area contributed by atoms with Crippen LogP contribution in [0.5, 0.6) is 23.0 Å². The Bertz CT molecular complexity index is 1960. The first-order valence-corrected chi connectivity index (χ1v) is 14.6. The van der Waals surface area contributed by atoms with Crippen molar-refractivity contribution in [3.8, 4) is 23.0 Å². The Balaban J connectivity index is 1.76. The van der Waals surface area contributed by atoms with Crippen molar-refractivity contribution in [3.63, 3.8) is 0 Å². The highest BCUT2D eigenvalue weighted by molar-refractivity contribution is 7.07. The van der Waals surface area contributed by atoms with Gasteiger partial charge < -0.3 is 28.8 Å². The summed E-state index contributed by atoms with van der Waals surface area (Å²) in [5.74, 6) is -0.256. The molecule has 2 heterocycles. The van der Waals surface area contributed by atoms with Gasteiger partial charge in [0.05, 0.1) is 49.8 Å². The molecule has 11 nitrogen and oxygen atoms in total. The standard InChI is InChI=1S/C33H30N2O9S/c1-5-43-32(39)28-29(20-9-7-6-8-10-20)34-33-35(30(28)21-12-14-22(40-2)25(17-21)42-4)31(38)26(45-33)16-19-11-13-23(24(15-19)41-3)44-18-27(36)37/h6-17,30H,5,18H2,1-4H3,(H,36,37)/b26-16+/t30-/m1/s1. The van der Waals surface area contributed by atoms with Crippen molar-refractivity contribution >= 4 is 35.0 Å². The van der Waals surface area contributed by atoms with Crippen LogP contribution in [0.4, 0.5) is 0 Å². The Morgan fingerprint density at radius 1 is 0.933 bits per heavy atom. The van der Waals surface area contributed by atoms with Gasteiger partial charge >= 0.3 is 11.9 Å². The minimum atomic E-state index is -1.12. The smallest absolute Gasteiger partial charge is 0.341 e. The third-order valence-electron chi connectivity index (χ3n) is 6.93. The van der Waals surface area contributed by atoms with Crippen LogP contribution in [0.3, 0.4) is 0 Å². The summed E-state index contributed by atoms with van der Waals surface area (Å²) in [4.78, 5) is 44.1. The molecule has 1 N–H and O–H groups in total. The second kappa shape index (κ2) is 13.5. The van der Waals surface area contributed by atoms with Gasteiger partial charge in [0.15, 0.2) is 34.4 Å². The Morgan fingerprint density at radius 3 is 2.29 bits per heavy atom. The predicted molar refractivity (Wildman–Crippen MR) is 167 cm³/mol. The molecule has 232 valence electrons. The summed E-state index contributed by atoms with van der Waals surface area (Å²) in [6.45, 7) is 1.31. The van der Waals surface area contributed by atoms with E-state index in [0.717, 1.165) is 0 Å². The number of hydrogen-bond donors (Lipinski definition) is 1. The molecule has 0 spiro atoms. The number of hydrogen-bond acceptors (Lipinski definition) is 10. The maximum atomic E-state index is 14.2. The van der Waals surface area contributed by atoms with Gasteiger partial charge in [-0.05, 0) is 48.4 Å². The topological polar surface area (TPSA) is 135 Å². The molecule has 0 fully saturated rings. The number of thiazole rings is 1. The molecule has 0 amide bonds. The molecular formula is C33H30N2O9S. The van der Waals surface area contributed by atoms with Crippen molar-refractivity contribution in [2.75, 3.05) is 34.5 Å². The number of rotatable bonds is 11. The lowest BCUT2D eigenvalue weighted by Crippen LogP contribution is -2.40. The van der Waals surface area contributed by atoms with E-state index < -0.39 is 24.6 Å². The van der Waals surface area contributed by atoms with Gasteiger partial charge in [-0.2, -0.15) is 0 Å². The molecular weight excluding hydrogens is 600 g/mol. The number of carbonyl (C=O) groups is 2. The van der Waals surface area contributed by atoms with E-state index in [9.17, 15) is 14.4 Å². The molecule has 3 aromatic carbocycles. The highest BCUT2D eigenvalue weighted by Crippen LogP contribution is 2.38. The van der Waals surface area contributed by atoms with E-state index in [-0.39, 0.29) is 23.5 Å². The molecule has 0 saturated heterocycles. The third-order valence-corrected chi connectivity index (χ3v) is 7.92. The predicted octanol–water partition coefficient (Wildman–Crippen LogP) is 3.42. The first kappa shape index (κ1) is 31.1. The molecule has 1 aliphatic rings. The van der Waals surface area contributed by atoms with Crippen LogP contribution in [-0.2, 0) is 14.3 Å². The quantitative estimate of drug-likeness (QED) is 0.247. The normalized spacial score (nSPS) is 14.3. The monoisotopic (exact) mass is 630 g/mol. The van der Waals surface area contributed by atoms with Crippen molar-refractivity contribution in [1.82, 2.24) is 4.57 Å². The lowest BCUT2D eigenvalue weighted by Gasteiger charge is -2.26. The minimum absolute atomic E-state index is 0.126. The number of aromatic nitrogens is 1. The SMILES string of the molecule is CCOC(=O)C1=C(c2ccccc2)N=c2s/c(=C/c3ccc(OCC(=O)O)c(OC)c3)c(=O)n2[C@@H]1c1ccc(OC)c(OC)c1. The summed E-state index contributed by atoms with van der Waals surface area (Å²) in [6, 6.07) is 18.5. The maximum absolute atomic E-state index is 14.2. The van der Waals surface area contributed by atoms with Crippen LogP contribution < -0.4 is 33.8 Å². The zero-order chi connectivity index (χ0) is 32.1. The van der Waals surface area contributed by atoms with Crippen LogP contribution in [0.2, 0.25) is 0 Å². The number of methoxy groups -OCH3 is 3. The van der Waals surface area contributed by atoms with Crippen molar-refractivity contribution in [1.29, 1.82) is 0 Å². The number of carboxylic acids is 1. The first-order valence-electron chi connectivity index (χ1n) is 13.8. The van der Waals surface area contributed by atoms with Crippen LogP contribution >= 0.6 is 11.3 Å². The Labute approximate surface area is 261 Å². The molecule has 0 saturated carbocycles. The largest absolute Gasteiger partial charge is 0.493 e. The molecule has 1 atom stereocenters. The molecule has 1 aliphatic heterocycles. The van der Waals surface area contributed by atoms with Gasteiger partial charge in [0.25, 0.3) is 5.56 Å². The Morgan fingerprint density at radius 2 is 1.62 bits per heavy atom. The summed E-state index contributed by atoms with van der Waals surface area (Å²) >= 11 is 1.17. The van der Waals surface area contributed by atoms with Gasteiger partial charge in [0.2, 0.25) is 0 Å². The second-order valence-corrected chi connectivity index (χ2v) is 10.6. The Hall–Kier alpha value is -5.36. The number of aliphatic carboxylic acids is 1. The summed E-state index contributed by atoms with van der Waals surface area (Å²) < 4.78 is 29.0. The fourth-order valence-electron chi connectivity index (χ4n) is 4.96. The summed E-state index contributed by atoms with van der Waals surface area (Å²) in [6.07, 6.45) is 1.68. The fourth-order valence-corrected chi connectivity index (χ4v) is 5.96. The van der Waals surface area contributed by atoms with Gasteiger partial charge in [-0.15, -0.1) is 0 Å². The van der Waals surface area contributed by atoms with Crippen molar-refractivity contribution in [3.05, 3.63) is 109 Å². The number of benzene rings is 3. The summed E-state index contributed by atoms with van der Waals surface area (Å²) in [5.41, 5.74) is 2.10. The number of esters is 1. The first-order chi connectivity index (χ1) is 21.8. The van der Waals surface area contributed by atoms with Crippen molar-refractivity contribution in [2.24, 2.45) is 4.99 Å². The molecule has 4 aromatic rings. The van der Waals surface area contributed by atoms with E-state index >= 15 is 0 Å². The van der Waals surface area contributed by atoms with Crippen LogP contribution in [0.1, 0.15) is 29.7 Å². The fraction of sp³-hybridized carbons (Fsp3) is 0.212. The van der Waals surface area contributed by atoms with Gasteiger partial charge in [0, 0.05) is 5.56 Å². The van der Waals surface area contributed by atoms with Crippen LogP contribution in [0, 0.1) is 0 Å².